The van der Waals surface area contributed by atoms with Crippen molar-refractivity contribution in [2.45, 2.75) is 18.9 Å². The number of nitrogens with one attached hydrogen (secondary N) is 1. The van der Waals surface area contributed by atoms with Crippen LogP contribution in [0.2, 0.25) is 0 Å². The van der Waals surface area contributed by atoms with E-state index in [1.54, 1.807) is 0 Å². The van der Waals surface area contributed by atoms with Crippen molar-refractivity contribution < 1.29 is 4.74 Å². The molecular formula is C16H19BrN2O. The standard InChI is InChI=1S/C16H19BrN2O/c1-18-10-11-4-3-9-20-16(11)13-6-7-14(17)12-5-2-8-19-15(12)13/h2,5-8,11,16,18H,3-4,9-10H2,1H3. The van der Waals surface area contributed by atoms with Gasteiger partial charge in [-0.25, -0.2) is 0 Å². The summed E-state index contributed by atoms with van der Waals surface area (Å²) in [5.41, 5.74) is 2.26. The summed E-state index contributed by atoms with van der Waals surface area (Å²) in [6.45, 7) is 1.82. The van der Waals surface area contributed by atoms with Gasteiger partial charge in [0.1, 0.15) is 0 Å². The van der Waals surface area contributed by atoms with Gasteiger partial charge in [-0.1, -0.05) is 28.1 Å². The molecule has 0 spiro atoms. The Morgan fingerprint density at radius 3 is 3.15 bits per heavy atom. The Labute approximate surface area is 127 Å². The highest BCUT2D eigenvalue weighted by atomic mass is 79.9. The Hall–Kier alpha value is -0.970. The van der Waals surface area contributed by atoms with E-state index < -0.39 is 0 Å². The summed E-state index contributed by atoms with van der Waals surface area (Å²) in [6.07, 6.45) is 4.34. The molecule has 106 valence electrons. The summed E-state index contributed by atoms with van der Waals surface area (Å²) < 4.78 is 7.17. The molecule has 1 aromatic carbocycles. The lowest BCUT2D eigenvalue weighted by Gasteiger charge is -2.32. The van der Waals surface area contributed by atoms with Gasteiger partial charge in [0.2, 0.25) is 0 Å². The van der Waals surface area contributed by atoms with E-state index in [2.05, 4.69) is 44.4 Å². The first kappa shape index (κ1) is 14.0. The van der Waals surface area contributed by atoms with Gasteiger partial charge < -0.3 is 10.1 Å². The molecule has 0 saturated carbocycles. The normalized spacial score (nSPS) is 23.1. The number of ether oxygens (including phenoxy) is 1. The van der Waals surface area contributed by atoms with Gasteiger partial charge in [0, 0.05) is 40.7 Å². The molecule has 1 saturated heterocycles. The summed E-state index contributed by atoms with van der Waals surface area (Å²) >= 11 is 3.61. The number of pyridine rings is 1. The van der Waals surface area contributed by atoms with E-state index in [-0.39, 0.29) is 6.10 Å². The zero-order valence-electron chi connectivity index (χ0n) is 11.6. The molecule has 2 heterocycles. The van der Waals surface area contributed by atoms with Gasteiger partial charge in [0.15, 0.2) is 0 Å². The zero-order valence-corrected chi connectivity index (χ0v) is 13.2. The van der Waals surface area contributed by atoms with Crippen molar-refractivity contribution in [3.63, 3.8) is 0 Å². The fourth-order valence-electron chi connectivity index (χ4n) is 3.05. The average Bonchev–Trinajstić information content (AvgIpc) is 2.49. The summed E-state index contributed by atoms with van der Waals surface area (Å²) in [6, 6.07) is 8.33. The molecule has 2 aromatic rings. The Kier molecular flexibility index (Phi) is 4.34. The fraction of sp³-hybridized carbons (Fsp3) is 0.438. The second-order valence-electron chi connectivity index (χ2n) is 5.29. The van der Waals surface area contributed by atoms with E-state index in [1.165, 1.54) is 12.0 Å². The molecule has 1 aliphatic heterocycles. The number of nitrogens with zero attached hydrogens (tertiary/aromatic N) is 1. The molecule has 1 aromatic heterocycles. The molecule has 0 bridgehead atoms. The minimum atomic E-state index is 0.140. The van der Waals surface area contributed by atoms with E-state index in [0.29, 0.717) is 5.92 Å². The number of benzene rings is 1. The van der Waals surface area contributed by atoms with E-state index in [9.17, 15) is 0 Å². The van der Waals surface area contributed by atoms with Crippen LogP contribution >= 0.6 is 15.9 Å². The Morgan fingerprint density at radius 2 is 2.30 bits per heavy atom. The lowest BCUT2D eigenvalue weighted by Crippen LogP contribution is -2.30. The maximum atomic E-state index is 6.08. The third-order valence-corrected chi connectivity index (χ3v) is 4.66. The van der Waals surface area contributed by atoms with Gasteiger partial charge in [-0.15, -0.1) is 0 Å². The zero-order chi connectivity index (χ0) is 13.9. The van der Waals surface area contributed by atoms with Crippen molar-refractivity contribution in [3.05, 3.63) is 40.5 Å². The first-order valence-electron chi connectivity index (χ1n) is 7.10. The topological polar surface area (TPSA) is 34.1 Å². The van der Waals surface area contributed by atoms with Crippen LogP contribution in [0, 0.1) is 5.92 Å². The molecule has 1 fully saturated rings. The lowest BCUT2D eigenvalue weighted by atomic mass is 9.88. The first-order chi connectivity index (χ1) is 9.81. The molecule has 3 nitrogen and oxygen atoms in total. The predicted molar refractivity (Wildman–Crippen MR) is 84.8 cm³/mol. The Morgan fingerprint density at radius 1 is 1.40 bits per heavy atom. The smallest absolute Gasteiger partial charge is 0.0886 e. The molecule has 0 amide bonds. The van der Waals surface area contributed by atoms with Gasteiger partial charge in [-0.3, -0.25) is 4.98 Å². The van der Waals surface area contributed by atoms with Crippen LogP contribution in [-0.4, -0.2) is 25.2 Å². The highest BCUT2D eigenvalue weighted by molar-refractivity contribution is 9.10. The largest absolute Gasteiger partial charge is 0.373 e. The monoisotopic (exact) mass is 334 g/mol. The van der Waals surface area contributed by atoms with Crippen LogP contribution in [0.5, 0.6) is 0 Å². The van der Waals surface area contributed by atoms with E-state index in [1.807, 2.05) is 19.3 Å². The Bertz CT molecular complexity index is 600. The highest BCUT2D eigenvalue weighted by Gasteiger charge is 2.28. The van der Waals surface area contributed by atoms with E-state index in [0.717, 1.165) is 34.9 Å². The number of fused-ring (bicyclic) bond motifs is 1. The second-order valence-corrected chi connectivity index (χ2v) is 6.14. The molecule has 1 aliphatic rings. The summed E-state index contributed by atoms with van der Waals surface area (Å²) in [5, 5.41) is 4.44. The Balaban J connectivity index is 2.06. The van der Waals surface area contributed by atoms with Crippen LogP contribution in [0.25, 0.3) is 10.9 Å². The van der Waals surface area contributed by atoms with Gasteiger partial charge in [-0.2, -0.15) is 0 Å². The van der Waals surface area contributed by atoms with E-state index >= 15 is 0 Å². The van der Waals surface area contributed by atoms with Crippen LogP contribution < -0.4 is 5.32 Å². The van der Waals surface area contributed by atoms with Crippen LogP contribution in [-0.2, 0) is 4.74 Å². The lowest BCUT2D eigenvalue weighted by molar-refractivity contribution is -0.0264. The van der Waals surface area contributed by atoms with Crippen LogP contribution in [0.1, 0.15) is 24.5 Å². The number of halogens is 1. The first-order valence-corrected chi connectivity index (χ1v) is 7.90. The maximum absolute atomic E-state index is 6.08. The minimum Gasteiger partial charge on any atom is -0.373 e. The molecule has 0 radical (unpaired) electrons. The molecule has 2 atom stereocenters. The van der Waals surface area contributed by atoms with Crippen molar-refractivity contribution in [1.29, 1.82) is 0 Å². The fourth-order valence-corrected chi connectivity index (χ4v) is 3.50. The summed E-state index contributed by atoms with van der Waals surface area (Å²) in [5.74, 6) is 0.514. The molecule has 20 heavy (non-hydrogen) atoms. The third-order valence-electron chi connectivity index (χ3n) is 3.97. The van der Waals surface area contributed by atoms with Crippen LogP contribution in [0.3, 0.4) is 0 Å². The van der Waals surface area contributed by atoms with Crippen molar-refractivity contribution in [2.75, 3.05) is 20.2 Å². The van der Waals surface area contributed by atoms with E-state index in [4.69, 9.17) is 4.74 Å². The molecule has 2 unspecified atom stereocenters. The van der Waals surface area contributed by atoms with Crippen LogP contribution in [0.15, 0.2) is 34.9 Å². The third kappa shape index (κ3) is 2.60. The van der Waals surface area contributed by atoms with Crippen molar-refractivity contribution in [3.8, 4) is 0 Å². The summed E-state index contributed by atoms with van der Waals surface area (Å²) in [4.78, 5) is 4.58. The number of hydrogen-bond donors (Lipinski definition) is 1. The average molecular weight is 335 g/mol. The molecule has 0 aliphatic carbocycles. The predicted octanol–water partition coefficient (Wildman–Crippen LogP) is 3.68. The quantitative estimate of drug-likeness (QED) is 0.929. The molecule has 4 heteroatoms. The number of hydrogen-bond acceptors (Lipinski definition) is 3. The molecule has 1 N–H and O–H groups in total. The van der Waals surface area contributed by atoms with Gasteiger partial charge in [0.05, 0.1) is 11.6 Å². The highest BCUT2D eigenvalue weighted by Crippen LogP contribution is 2.37. The second kappa shape index (κ2) is 6.20. The van der Waals surface area contributed by atoms with Crippen molar-refractivity contribution >= 4 is 26.8 Å². The number of rotatable bonds is 3. The van der Waals surface area contributed by atoms with Crippen molar-refractivity contribution in [1.82, 2.24) is 10.3 Å². The van der Waals surface area contributed by atoms with Gasteiger partial charge in [0.25, 0.3) is 0 Å². The molecule has 3 rings (SSSR count). The molecular weight excluding hydrogens is 316 g/mol. The minimum absolute atomic E-state index is 0.140. The number of aromatic nitrogens is 1. The van der Waals surface area contributed by atoms with Gasteiger partial charge in [-0.05, 0) is 32.0 Å². The summed E-state index contributed by atoms with van der Waals surface area (Å²) in [7, 11) is 2.00. The van der Waals surface area contributed by atoms with Crippen molar-refractivity contribution in [2.24, 2.45) is 5.92 Å². The SMILES string of the molecule is CNCC1CCCOC1c1ccc(Br)c2cccnc12. The van der Waals surface area contributed by atoms with Gasteiger partial charge >= 0.3 is 0 Å². The van der Waals surface area contributed by atoms with Crippen LogP contribution in [0.4, 0.5) is 0 Å². The maximum Gasteiger partial charge on any atom is 0.0886 e.